The second kappa shape index (κ2) is 8.69. The first-order valence-corrected chi connectivity index (χ1v) is 10.4. The van der Waals surface area contributed by atoms with Crippen molar-refractivity contribution in [1.82, 2.24) is 4.90 Å². The Bertz CT molecular complexity index is 957. The van der Waals surface area contributed by atoms with Crippen LogP contribution in [0, 0.1) is 5.92 Å². The van der Waals surface area contributed by atoms with E-state index in [4.69, 9.17) is 4.74 Å². The molecule has 6 heteroatoms. The second-order valence-electron chi connectivity index (χ2n) is 7.86. The number of ether oxygens (including phenoxy) is 1. The number of benzene rings is 2. The number of likely N-dealkylation sites (tertiary alicyclic amines) is 1. The van der Waals surface area contributed by atoms with Crippen LogP contribution in [0.5, 0.6) is 0 Å². The summed E-state index contributed by atoms with van der Waals surface area (Å²) in [7, 11) is 1.36. The van der Waals surface area contributed by atoms with Crippen molar-refractivity contribution in [1.29, 1.82) is 0 Å². The second-order valence-corrected chi connectivity index (χ2v) is 7.86. The number of esters is 1. The molecule has 2 amide bonds. The van der Waals surface area contributed by atoms with Gasteiger partial charge in [0.05, 0.1) is 18.6 Å². The van der Waals surface area contributed by atoms with Crippen molar-refractivity contribution in [2.45, 2.75) is 25.7 Å². The van der Waals surface area contributed by atoms with Crippen molar-refractivity contribution >= 4 is 23.5 Å². The van der Waals surface area contributed by atoms with Gasteiger partial charge < -0.3 is 14.5 Å². The Morgan fingerprint density at radius 2 is 1.90 bits per heavy atom. The molecule has 0 saturated carbocycles. The molecule has 4 rings (SSSR count). The van der Waals surface area contributed by atoms with Gasteiger partial charge in [-0.15, -0.1) is 0 Å². The van der Waals surface area contributed by atoms with Crippen molar-refractivity contribution in [2.24, 2.45) is 5.92 Å². The van der Waals surface area contributed by atoms with E-state index in [0.29, 0.717) is 25.2 Å². The summed E-state index contributed by atoms with van der Waals surface area (Å²) in [4.78, 5) is 41.5. The van der Waals surface area contributed by atoms with E-state index in [1.54, 1.807) is 21.9 Å². The summed E-state index contributed by atoms with van der Waals surface area (Å²) in [6.07, 6.45) is 2.54. The molecule has 0 radical (unpaired) electrons. The van der Waals surface area contributed by atoms with Gasteiger partial charge in [-0.1, -0.05) is 36.4 Å². The van der Waals surface area contributed by atoms with E-state index >= 15 is 0 Å². The third-order valence-electron chi connectivity index (χ3n) is 6.00. The van der Waals surface area contributed by atoms with Gasteiger partial charge in [-0.25, -0.2) is 4.79 Å². The van der Waals surface area contributed by atoms with Gasteiger partial charge in [0, 0.05) is 31.7 Å². The van der Waals surface area contributed by atoms with Gasteiger partial charge in [0.2, 0.25) is 11.8 Å². The fourth-order valence-electron chi connectivity index (χ4n) is 4.44. The maximum absolute atomic E-state index is 13.3. The van der Waals surface area contributed by atoms with Crippen LogP contribution in [-0.2, 0) is 27.2 Å². The van der Waals surface area contributed by atoms with E-state index in [1.807, 2.05) is 36.4 Å². The number of fused-ring (bicyclic) bond motifs is 1. The van der Waals surface area contributed by atoms with Crippen molar-refractivity contribution in [3.63, 3.8) is 0 Å². The van der Waals surface area contributed by atoms with E-state index in [-0.39, 0.29) is 30.1 Å². The molecule has 1 saturated heterocycles. The van der Waals surface area contributed by atoms with Gasteiger partial charge >= 0.3 is 5.97 Å². The maximum atomic E-state index is 13.3. The normalized spacial score (nSPS) is 18.3. The molecule has 0 N–H and O–H groups in total. The highest BCUT2D eigenvalue weighted by Gasteiger charge is 2.38. The standard InChI is InChI=1S/C24H26N2O4/c1-30-24(29)20-9-5-11-21-19(20)10-6-13-26(21)23(28)18-15-22(27)25(16-18)14-12-17-7-3-2-4-8-17/h2-5,7-9,11,18H,6,10,12-16H2,1H3. The molecule has 1 atom stereocenters. The number of methoxy groups -OCH3 is 1. The molecule has 2 heterocycles. The monoisotopic (exact) mass is 406 g/mol. The number of carbonyl (C=O) groups excluding carboxylic acids is 3. The lowest BCUT2D eigenvalue weighted by molar-refractivity contribution is -0.128. The van der Waals surface area contributed by atoms with Crippen molar-refractivity contribution in [3.05, 3.63) is 65.2 Å². The molecule has 6 nitrogen and oxygen atoms in total. The molecule has 1 unspecified atom stereocenters. The van der Waals surface area contributed by atoms with E-state index in [2.05, 4.69) is 0 Å². The molecule has 0 spiro atoms. The Morgan fingerprint density at radius 3 is 2.67 bits per heavy atom. The zero-order valence-electron chi connectivity index (χ0n) is 17.2. The number of carbonyl (C=O) groups is 3. The number of rotatable bonds is 5. The summed E-state index contributed by atoms with van der Waals surface area (Å²) >= 11 is 0. The minimum absolute atomic E-state index is 0.0322. The van der Waals surface area contributed by atoms with Gasteiger partial charge in [0.15, 0.2) is 0 Å². The third kappa shape index (κ3) is 3.95. The molecule has 0 aliphatic carbocycles. The summed E-state index contributed by atoms with van der Waals surface area (Å²) in [6.45, 7) is 1.67. The molecule has 0 aromatic heterocycles. The predicted octanol–water partition coefficient (Wildman–Crippen LogP) is 2.84. The highest BCUT2D eigenvalue weighted by atomic mass is 16.5. The Hall–Kier alpha value is -3.15. The van der Waals surface area contributed by atoms with Crippen LogP contribution in [-0.4, -0.2) is 49.4 Å². The first-order valence-electron chi connectivity index (χ1n) is 10.4. The van der Waals surface area contributed by atoms with Crippen LogP contribution in [0.3, 0.4) is 0 Å². The summed E-state index contributed by atoms with van der Waals surface area (Å²) in [5.74, 6) is -0.733. The van der Waals surface area contributed by atoms with E-state index in [0.717, 1.165) is 30.5 Å². The minimum Gasteiger partial charge on any atom is -0.465 e. The van der Waals surface area contributed by atoms with Crippen LogP contribution < -0.4 is 4.90 Å². The van der Waals surface area contributed by atoms with Crippen LogP contribution in [0.1, 0.15) is 34.3 Å². The van der Waals surface area contributed by atoms with Gasteiger partial charge in [-0.05, 0) is 42.5 Å². The van der Waals surface area contributed by atoms with Crippen molar-refractivity contribution in [3.8, 4) is 0 Å². The summed E-state index contributed by atoms with van der Waals surface area (Å²) in [5, 5.41) is 0. The molecule has 2 aliphatic rings. The van der Waals surface area contributed by atoms with Crippen LogP contribution in [0.2, 0.25) is 0 Å². The van der Waals surface area contributed by atoms with Gasteiger partial charge in [0.1, 0.15) is 0 Å². The lowest BCUT2D eigenvalue weighted by Gasteiger charge is -2.32. The Labute approximate surface area is 176 Å². The summed E-state index contributed by atoms with van der Waals surface area (Å²) in [6, 6.07) is 15.4. The van der Waals surface area contributed by atoms with Crippen LogP contribution in [0.25, 0.3) is 0 Å². The molecule has 2 aromatic carbocycles. The fourth-order valence-corrected chi connectivity index (χ4v) is 4.44. The van der Waals surface area contributed by atoms with Gasteiger partial charge in [-0.2, -0.15) is 0 Å². The smallest absolute Gasteiger partial charge is 0.338 e. The maximum Gasteiger partial charge on any atom is 0.338 e. The van der Waals surface area contributed by atoms with Crippen LogP contribution >= 0.6 is 0 Å². The lowest BCUT2D eigenvalue weighted by atomic mass is 9.94. The van der Waals surface area contributed by atoms with E-state index in [1.165, 1.54) is 12.7 Å². The summed E-state index contributed by atoms with van der Waals surface area (Å²) < 4.78 is 4.90. The van der Waals surface area contributed by atoms with Crippen LogP contribution in [0.15, 0.2) is 48.5 Å². The fraction of sp³-hybridized carbons (Fsp3) is 0.375. The Morgan fingerprint density at radius 1 is 1.10 bits per heavy atom. The number of anilines is 1. The van der Waals surface area contributed by atoms with E-state index < -0.39 is 0 Å². The average molecular weight is 406 g/mol. The predicted molar refractivity (Wildman–Crippen MR) is 113 cm³/mol. The lowest BCUT2D eigenvalue weighted by Crippen LogP contribution is -2.41. The zero-order chi connectivity index (χ0) is 21.1. The topological polar surface area (TPSA) is 66.9 Å². The minimum atomic E-state index is -0.385. The first-order chi connectivity index (χ1) is 14.6. The first kappa shape index (κ1) is 20.1. The summed E-state index contributed by atoms with van der Waals surface area (Å²) in [5.41, 5.74) is 3.32. The molecule has 1 fully saturated rings. The number of hydrogen-bond acceptors (Lipinski definition) is 4. The number of amides is 2. The number of hydrogen-bond donors (Lipinski definition) is 0. The molecule has 2 aliphatic heterocycles. The van der Waals surface area contributed by atoms with Crippen LogP contribution in [0.4, 0.5) is 5.69 Å². The Balaban J connectivity index is 1.47. The molecule has 0 bridgehead atoms. The zero-order valence-corrected chi connectivity index (χ0v) is 17.2. The van der Waals surface area contributed by atoms with Crippen molar-refractivity contribution in [2.75, 3.05) is 31.6 Å². The third-order valence-corrected chi connectivity index (χ3v) is 6.00. The van der Waals surface area contributed by atoms with Crippen molar-refractivity contribution < 1.29 is 19.1 Å². The van der Waals surface area contributed by atoms with E-state index in [9.17, 15) is 14.4 Å². The Kier molecular flexibility index (Phi) is 5.84. The van der Waals surface area contributed by atoms with Gasteiger partial charge in [-0.3, -0.25) is 9.59 Å². The molecule has 156 valence electrons. The SMILES string of the molecule is COC(=O)c1cccc2c1CCCN2C(=O)C1CC(=O)N(CCc2ccccc2)C1. The average Bonchev–Trinajstić information content (AvgIpc) is 3.17. The highest BCUT2D eigenvalue weighted by Crippen LogP contribution is 2.33. The largest absolute Gasteiger partial charge is 0.465 e. The molecule has 2 aromatic rings. The quantitative estimate of drug-likeness (QED) is 0.716. The molecular formula is C24H26N2O4. The highest BCUT2D eigenvalue weighted by molar-refractivity contribution is 6.02. The molecular weight excluding hydrogens is 380 g/mol. The molecule has 30 heavy (non-hydrogen) atoms. The number of nitrogens with zero attached hydrogens (tertiary/aromatic N) is 2. The van der Waals surface area contributed by atoms with Gasteiger partial charge in [0.25, 0.3) is 0 Å².